The molecule has 0 bridgehead atoms. The van der Waals surface area contributed by atoms with Gasteiger partial charge in [0.05, 0.1) is 5.69 Å². The molecule has 0 fully saturated rings. The van der Waals surface area contributed by atoms with Crippen molar-refractivity contribution in [2.24, 2.45) is 0 Å². The molecule has 20 heavy (non-hydrogen) atoms. The summed E-state index contributed by atoms with van der Waals surface area (Å²) in [6, 6.07) is 4.37. The normalized spacial score (nSPS) is 10.6. The first-order chi connectivity index (χ1) is 9.49. The van der Waals surface area contributed by atoms with Crippen LogP contribution in [0.3, 0.4) is 0 Å². The average molecular weight is 292 g/mol. The number of nitriles is 1. The van der Waals surface area contributed by atoms with Crippen LogP contribution in [-0.4, -0.2) is 0 Å². The van der Waals surface area contributed by atoms with Gasteiger partial charge in [0.15, 0.2) is 0 Å². The number of hydrogen-bond donors (Lipinski definition) is 1. The molecule has 1 aromatic carbocycles. The van der Waals surface area contributed by atoms with Crippen molar-refractivity contribution in [2.45, 2.75) is 26.7 Å². The Balaban J connectivity index is 2.69. The van der Waals surface area contributed by atoms with Gasteiger partial charge in [0.25, 0.3) is 0 Å². The van der Waals surface area contributed by atoms with Crippen LogP contribution in [0.25, 0.3) is 10.4 Å². The topological polar surface area (TPSA) is 49.8 Å². The predicted octanol–water partition coefficient (Wildman–Crippen LogP) is 4.41. The standard InChI is InChI=1S/C15H14F2N2S/c1-3-4-9-14(19)13(7-18)20-15(9)10-5-8(2)11(16)6-12(10)17/h5-6H,3-4,19H2,1-2H3. The summed E-state index contributed by atoms with van der Waals surface area (Å²) in [7, 11) is 0. The smallest absolute Gasteiger partial charge is 0.134 e. The Labute approximate surface area is 120 Å². The second-order valence-electron chi connectivity index (χ2n) is 4.60. The monoisotopic (exact) mass is 292 g/mol. The van der Waals surface area contributed by atoms with Crippen LogP contribution in [0.15, 0.2) is 12.1 Å². The summed E-state index contributed by atoms with van der Waals surface area (Å²) in [5.74, 6) is -1.20. The highest BCUT2D eigenvalue weighted by Crippen LogP contribution is 2.40. The molecule has 0 amide bonds. The summed E-state index contributed by atoms with van der Waals surface area (Å²) in [6.07, 6.45) is 1.50. The van der Waals surface area contributed by atoms with Gasteiger partial charge < -0.3 is 5.73 Å². The molecule has 0 saturated carbocycles. The zero-order valence-electron chi connectivity index (χ0n) is 11.3. The van der Waals surface area contributed by atoms with E-state index in [1.54, 1.807) is 6.92 Å². The second-order valence-corrected chi connectivity index (χ2v) is 5.62. The van der Waals surface area contributed by atoms with Crippen LogP contribution in [0, 0.1) is 29.9 Å². The summed E-state index contributed by atoms with van der Waals surface area (Å²) >= 11 is 1.16. The number of rotatable bonds is 3. The molecule has 0 radical (unpaired) electrons. The molecule has 5 heteroatoms. The minimum Gasteiger partial charge on any atom is -0.397 e. The maximum atomic E-state index is 14.0. The largest absolute Gasteiger partial charge is 0.397 e. The molecule has 0 saturated heterocycles. The molecule has 0 atom stereocenters. The lowest BCUT2D eigenvalue weighted by Gasteiger charge is -2.07. The second kappa shape index (κ2) is 5.59. The van der Waals surface area contributed by atoms with Crippen molar-refractivity contribution in [1.29, 1.82) is 5.26 Å². The molecule has 2 nitrogen and oxygen atoms in total. The molecule has 2 N–H and O–H groups in total. The van der Waals surface area contributed by atoms with Crippen molar-refractivity contribution in [3.8, 4) is 16.5 Å². The fraction of sp³-hybridized carbons (Fsp3) is 0.267. The maximum absolute atomic E-state index is 14.0. The first-order valence-corrected chi connectivity index (χ1v) is 7.08. The fourth-order valence-electron chi connectivity index (χ4n) is 2.11. The van der Waals surface area contributed by atoms with Gasteiger partial charge in [0.1, 0.15) is 22.6 Å². The number of halogens is 2. The third kappa shape index (κ3) is 2.39. The van der Waals surface area contributed by atoms with Gasteiger partial charge in [-0.1, -0.05) is 13.3 Å². The van der Waals surface area contributed by atoms with Gasteiger partial charge >= 0.3 is 0 Å². The van der Waals surface area contributed by atoms with Crippen LogP contribution in [0.1, 0.15) is 29.3 Å². The van der Waals surface area contributed by atoms with Gasteiger partial charge in [-0.2, -0.15) is 5.26 Å². The zero-order valence-corrected chi connectivity index (χ0v) is 12.1. The average Bonchev–Trinajstić information content (AvgIpc) is 2.72. The van der Waals surface area contributed by atoms with E-state index >= 15 is 0 Å². The van der Waals surface area contributed by atoms with Gasteiger partial charge in [-0.3, -0.25) is 0 Å². The molecular weight excluding hydrogens is 278 g/mol. The van der Waals surface area contributed by atoms with E-state index in [1.807, 2.05) is 13.0 Å². The highest BCUT2D eigenvalue weighted by atomic mass is 32.1. The molecule has 0 aliphatic carbocycles. The molecule has 0 unspecified atom stereocenters. The number of benzene rings is 1. The Hall–Kier alpha value is -1.93. The Bertz CT molecular complexity index is 699. The van der Waals surface area contributed by atoms with E-state index in [0.717, 1.165) is 29.4 Å². The van der Waals surface area contributed by atoms with Gasteiger partial charge in [0, 0.05) is 16.5 Å². The number of nitrogen functional groups attached to an aromatic ring is 1. The summed E-state index contributed by atoms with van der Waals surface area (Å²) in [6.45, 7) is 3.57. The Morgan fingerprint density at radius 3 is 2.60 bits per heavy atom. The van der Waals surface area contributed by atoms with E-state index in [-0.39, 0.29) is 0 Å². The summed E-state index contributed by atoms with van der Waals surface area (Å²) in [5, 5.41) is 9.07. The van der Waals surface area contributed by atoms with Crippen LogP contribution in [0.2, 0.25) is 0 Å². The Morgan fingerprint density at radius 2 is 2.00 bits per heavy atom. The number of aryl methyl sites for hydroxylation is 1. The molecule has 0 spiro atoms. The van der Waals surface area contributed by atoms with Crippen molar-refractivity contribution in [2.75, 3.05) is 5.73 Å². The van der Waals surface area contributed by atoms with Gasteiger partial charge in [-0.25, -0.2) is 8.78 Å². The first kappa shape index (κ1) is 14.5. The van der Waals surface area contributed by atoms with Gasteiger partial charge in [-0.05, 0) is 30.5 Å². The van der Waals surface area contributed by atoms with E-state index in [2.05, 4.69) is 0 Å². The lowest BCUT2D eigenvalue weighted by molar-refractivity contribution is 0.579. The quantitative estimate of drug-likeness (QED) is 0.911. The molecule has 2 aromatic rings. The Morgan fingerprint density at radius 1 is 1.30 bits per heavy atom. The fourth-order valence-corrected chi connectivity index (χ4v) is 3.19. The van der Waals surface area contributed by atoms with Crippen LogP contribution in [0.5, 0.6) is 0 Å². The lowest BCUT2D eigenvalue weighted by atomic mass is 10.0. The number of nitrogens with two attached hydrogens (primary N) is 1. The third-order valence-electron chi connectivity index (χ3n) is 3.14. The van der Waals surface area contributed by atoms with Crippen LogP contribution >= 0.6 is 11.3 Å². The van der Waals surface area contributed by atoms with Crippen molar-refractivity contribution in [3.63, 3.8) is 0 Å². The first-order valence-electron chi connectivity index (χ1n) is 6.26. The van der Waals surface area contributed by atoms with Crippen molar-refractivity contribution in [3.05, 3.63) is 39.8 Å². The number of hydrogen-bond acceptors (Lipinski definition) is 3. The highest BCUT2D eigenvalue weighted by Gasteiger charge is 2.20. The van der Waals surface area contributed by atoms with Crippen molar-refractivity contribution in [1.82, 2.24) is 0 Å². The third-order valence-corrected chi connectivity index (χ3v) is 4.33. The summed E-state index contributed by atoms with van der Waals surface area (Å²) in [4.78, 5) is 1.01. The molecule has 1 aromatic heterocycles. The molecular formula is C15H14F2N2S. The van der Waals surface area contributed by atoms with Gasteiger partial charge in [0.2, 0.25) is 0 Å². The van der Waals surface area contributed by atoms with E-state index in [9.17, 15) is 8.78 Å². The van der Waals surface area contributed by atoms with E-state index in [0.29, 0.717) is 33.0 Å². The van der Waals surface area contributed by atoms with Gasteiger partial charge in [-0.15, -0.1) is 11.3 Å². The van der Waals surface area contributed by atoms with E-state index in [4.69, 9.17) is 11.0 Å². The zero-order chi connectivity index (χ0) is 14.9. The minimum atomic E-state index is -0.629. The maximum Gasteiger partial charge on any atom is 0.134 e. The lowest BCUT2D eigenvalue weighted by Crippen LogP contribution is -1.95. The predicted molar refractivity (Wildman–Crippen MR) is 77.5 cm³/mol. The van der Waals surface area contributed by atoms with Crippen molar-refractivity contribution < 1.29 is 8.78 Å². The molecule has 0 aliphatic rings. The van der Waals surface area contributed by atoms with Crippen LogP contribution in [-0.2, 0) is 6.42 Å². The summed E-state index contributed by atoms with van der Waals surface area (Å²) < 4.78 is 27.4. The van der Waals surface area contributed by atoms with Crippen molar-refractivity contribution >= 4 is 17.0 Å². The minimum absolute atomic E-state index is 0.311. The molecule has 104 valence electrons. The molecule has 2 rings (SSSR count). The summed E-state index contributed by atoms with van der Waals surface area (Å²) in [5.41, 5.74) is 7.82. The number of anilines is 1. The number of thiophene rings is 1. The molecule has 1 heterocycles. The molecule has 0 aliphatic heterocycles. The van der Waals surface area contributed by atoms with Crippen LogP contribution in [0.4, 0.5) is 14.5 Å². The van der Waals surface area contributed by atoms with Crippen LogP contribution < -0.4 is 5.73 Å². The highest BCUT2D eigenvalue weighted by molar-refractivity contribution is 7.16. The number of nitrogens with zero attached hydrogens (tertiary/aromatic N) is 1. The van der Waals surface area contributed by atoms with E-state index < -0.39 is 11.6 Å². The van der Waals surface area contributed by atoms with E-state index in [1.165, 1.54) is 6.07 Å². The Kier molecular flexibility index (Phi) is 4.05. The SMILES string of the molecule is CCCc1c(-c2cc(C)c(F)cc2F)sc(C#N)c1N.